The molecule has 0 N–H and O–H groups in total. The van der Waals surface area contributed by atoms with Gasteiger partial charge in [-0.2, -0.15) is 9.78 Å². The summed E-state index contributed by atoms with van der Waals surface area (Å²) in [6, 6.07) is 0. The lowest BCUT2D eigenvalue weighted by Gasteiger charge is -2.16. The minimum absolute atomic E-state index is 0.413. The molecule has 112 valence electrons. The van der Waals surface area contributed by atoms with E-state index in [-0.39, 0.29) is 0 Å². The standard InChI is InChI=1S/C12H22O7/c1-11(2,3)9(13)15-7-17-19-18-8-16-10(14)12(4,5)6/h7-8H2,1-6H3. The van der Waals surface area contributed by atoms with Crippen molar-refractivity contribution in [2.45, 2.75) is 41.5 Å². The fourth-order valence-corrected chi connectivity index (χ4v) is 0.661. The van der Waals surface area contributed by atoms with Gasteiger partial charge in [-0.05, 0) is 41.5 Å². The van der Waals surface area contributed by atoms with Crippen LogP contribution in [0.4, 0.5) is 0 Å². The molecule has 0 heterocycles. The molecule has 19 heavy (non-hydrogen) atoms. The monoisotopic (exact) mass is 278 g/mol. The highest BCUT2D eigenvalue weighted by Crippen LogP contribution is 2.15. The van der Waals surface area contributed by atoms with Gasteiger partial charge in [0.15, 0.2) is 0 Å². The molecule has 0 aromatic rings. The lowest BCUT2D eigenvalue weighted by atomic mass is 9.98. The maximum Gasteiger partial charge on any atom is 0.313 e. The first kappa shape index (κ1) is 17.8. The number of rotatable bonds is 6. The molecule has 0 aromatic carbocycles. The van der Waals surface area contributed by atoms with Crippen LogP contribution in [-0.2, 0) is 33.9 Å². The Kier molecular flexibility index (Phi) is 6.96. The summed E-state index contributed by atoms with van der Waals surface area (Å²) < 4.78 is 9.43. The first-order chi connectivity index (χ1) is 8.55. The molecule has 0 unspecified atom stereocenters. The topological polar surface area (TPSA) is 80.3 Å². The van der Waals surface area contributed by atoms with Crippen molar-refractivity contribution in [1.82, 2.24) is 0 Å². The molecule has 0 amide bonds. The van der Waals surface area contributed by atoms with Crippen LogP contribution in [0.3, 0.4) is 0 Å². The van der Waals surface area contributed by atoms with E-state index < -0.39 is 36.4 Å². The van der Waals surface area contributed by atoms with Gasteiger partial charge in [0.2, 0.25) is 13.6 Å². The summed E-state index contributed by atoms with van der Waals surface area (Å²) in [6.07, 6.45) is 0. The fraction of sp³-hybridized carbons (Fsp3) is 0.833. The SMILES string of the molecule is CC(C)(C)C(=O)OCOOOCOC(=O)C(C)(C)C. The number of hydrogen-bond acceptors (Lipinski definition) is 7. The van der Waals surface area contributed by atoms with Gasteiger partial charge in [0.05, 0.1) is 10.8 Å². The quantitative estimate of drug-likeness (QED) is 0.241. The summed E-state index contributed by atoms with van der Waals surface area (Å²) in [5, 5.41) is 4.21. The van der Waals surface area contributed by atoms with Crippen molar-refractivity contribution in [3.8, 4) is 0 Å². The van der Waals surface area contributed by atoms with E-state index in [0.717, 1.165) is 0 Å². The normalized spacial score (nSPS) is 12.1. The van der Waals surface area contributed by atoms with Gasteiger partial charge in [-0.15, -0.1) is 0 Å². The van der Waals surface area contributed by atoms with Crippen LogP contribution in [0.2, 0.25) is 0 Å². The van der Waals surface area contributed by atoms with Crippen LogP contribution in [-0.4, -0.2) is 25.5 Å². The van der Waals surface area contributed by atoms with E-state index in [1.165, 1.54) is 0 Å². The third-order valence-electron chi connectivity index (χ3n) is 1.80. The fourth-order valence-electron chi connectivity index (χ4n) is 0.661. The Balaban J connectivity index is 3.53. The maximum absolute atomic E-state index is 11.3. The van der Waals surface area contributed by atoms with Gasteiger partial charge in [-0.25, -0.2) is 0 Å². The third kappa shape index (κ3) is 8.52. The number of hydrogen-bond donors (Lipinski definition) is 0. The second-order valence-corrected chi connectivity index (χ2v) is 5.90. The predicted octanol–water partition coefficient (Wildman–Crippen LogP) is 1.96. The molecule has 0 aliphatic rings. The first-order valence-corrected chi connectivity index (χ1v) is 5.80. The average Bonchev–Trinajstić information content (AvgIpc) is 2.24. The summed E-state index contributed by atoms with van der Waals surface area (Å²) in [5.74, 6) is -0.870. The zero-order valence-electron chi connectivity index (χ0n) is 12.3. The van der Waals surface area contributed by atoms with Gasteiger partial charge in [0, 0.05) is 0 Å². The third-order valence-corrected chi connectivity index (χ3v) is 1.80. The largest absolute Gasteiger partial charge is 0.435 e. The van der Waals surface area contributed by atoms with Crippen LogP contribution in [0.25, 0.3) is 0 Å². The number of carbonyl (C=O) groups excluding carboxylic acids is 2. The van der Waals surface area contributed by atoms with Gasteiger partial charge >= 0.3 is 11.9 Å². The molecule has 0 radical (unpaired) electrons. The van der Waals surface area contributed by atoms with E-state index in [0.29, 0.717) is 0 Å². The van der Waals surface area contributed by atoms with Crippen LogP contribution in [0.1, 0.15) is 41.5 Å². The Morgan fingerprint density at radius 1 is 0.737 bits per heavy atom. The minimum atomic E-state index is -0.619. The second-order valence-electron chi connectivity index (χ2n) is 5.90. The molecule has 7 heteroatoms. The highest BCUT2D eigenvalue weighted by molar-refractivity contribution is 5.75. The molecule has 0 bridgehead atoms. The van der Waals surface area contributed by atoms with E-state index >= 15 is 0 Å². The second kappa shape index (κ2) is 7.42. The Morgan fingerprint density at radius 3 is 1.32 bits per heavy atom. The Hall–Kier alpha value is -1.18. The Bertz CT molecular complexity index is 268. The molecule has 0 aromatic heterocycles. The molecular formula is C12H22O7. The molecule has 0 spiro atoms. The maximum atomic E-state index is 11.3. The number of esters is 2. The van der Waals surface area contributed by atoms with Gasteiger partial charge in [0.1, 0.15) is 0 Å². The zero-order valence-corrected chi connectivity index (χ0v) is 12.3. The Morgan fingerprint density at radius 2 is 1.05 bits per heavy atom. The molecule has 0 saturated carbocycles. The van der Waals surface area contributed by atoms with Gasteiger partial charge in [0.25, 0.3) is 0 Å². The molecular weight excluding hydrogens is 256 g/mol. The molecule has 0 rings (SSSR count). The van der Waals surface area contributed by atoms with Crippen LogP contribution in [0.15, 0.2) is 0 Å². The van der Waals surface area contributed by atoms with Gasteiger partial charge < -0.3 is 9.47 Å². The molecule has 0 aliphatic carbocycles. The Labute approximate surface area is 113 Å². The molecule has 0 aliphatic heterocycles. The average molecular weight is 278 g/mol. The lowest BCUT2D eigenvalue weighted by Crippen LogP contribution is -2.25. The van der Waals surface area contributed by atoms with Crippen molar-refractivity contribution in [3.63, 3.8) is 0 Å². The smallest absolute Gasteiger partial charge is 0.313 e. The highest BCUT2D eigenvalue weighted by Gasteiger charge is 2.24. The van der Waals surface area contributed by atoms with Gasteiger partial charge in [-0.1, -0.05) is 5.04 Å². The predicted molar refractivity (Wildman–Crippen MR) is 64.1 cm³/mol. The van der Waals surface area contributed by atoms with E-state index in [4.69, 9.17) is 9.47 Å². The van der Waals surface area contributed by atoms with Crippen LogP contribution < -0.4 is 0 Å². The molecule has 0 fully saturated rings. The summed E-state index contributed by atoms with van der Waals surface area (Å²) in [6.45, 7) is 9.42. The van der Waals surface area contributed by atoms with Crippen molar-refractivity contribution >= 4 is 11.9 Å². The van der Waals surface area contributed by atoms with Crippen molar-refractivity contribution in [3.05, 3.63) is 0 Å². The number of ether oxygens (including phenoxy) is 2. The molecule has 0 saturated heterocycles. The summed E-state index contributed by atoms with van der Waals surface area (Å²) in [4.78, 5) is 31.4. The van der Waals surface area contributed by atoms with Crippen molar-refractivity contribution < 1.29 is 33.9 Å². The summed E-state index contributed by atoms with van der Waals surface area (Å²) in [5.41, 5.74) is -1.24. The van der Waals surface area contributed by atoms with Crippen LogP contribution >= 0.6 is 0 Å². The molecule has 7 nitrogen and oxygen atoms in total. The lowest BCUT2D eigenvalue weighted by molar-refractivity contribution is -0.537. The number of carbonyl (C=O) groups is 2. The van der Waals surface area contributed by atoms with E-state index in [1.54, 1.807) is 41.5 Å². The van der Waals surface area contributed by atoms with Crippen LogP contribution in [0.5, 0.6) is 0 Å². The highest BCUT2D eigenvalue weighted by atomic mass is 17.5. The molecule has 0 atom stereocenters. The van der Waals surface area contributed by atoms with E-state index in [1.807, 2.05) is 0 Å². The van der Waals surface area contributed by atoms with Gasteiger partial charge in [-0.3, -0.25) is 9.59 Å². The zero-order chi connectivity index (χ0) is 15.1. The van der Waals surface area contributed by atoms with Crippen molar-refractivity contribution in [2.75, 3.05) is 13.6 Å². The minimum Gasteiger partial charge on any atom is -0.435 e. The van der Waals surface area contributed by atoms with Crippen LogP contribution in [0, 0.1) is 10.8 Å². The first-order valence-electron chi connectivity index (χ1n) is 5.80. The van der Waals surface area contributed by atoms with E-state index in [2.05, 4.69) is 14.8 Å². The van der Waals surface area contributed by atoms with Crippen molar-refractivity contribution in [1.29, 1.82) is 0 Å². The summed E-state index contributed by atoms with van der Waals surface area (Å²) >= 11 is 0. The summed E-state index contributed by atoms with van der Waals surface area (Å²) in [7, 11) is 0. The van der Waals surface area contributed by atoms with E-state index in [9.17, 15) is 9.59 Å². The van der Waals surface area contributed by atoms with Crippen molar-refractivity contribution in [2.24, 2.45) is 10.8 Å².